The molecule has 0 fully saturated rings. The highest BCUT2D eigenvalue weighted by atomic mass is 79.9. The zero-order valence-corrected chi connectivity index (χ0v) is 28.4. The van der Waals surface area contributed by atoms with Crippen molar-refractivity contribution in [2.24, 2.45) is 4.99 Å². The third kappa shape index (κ3) is 5.30. The Morgan fingerprint density at radius 1 is 0.978 bits per heavy atom. The van der Waals surface area contributed by atoms with E-state index in [1.807, 2.05) is 72.8 Å². The maximum Gasteiger partial charge on any atom is 0.338 e. The van der Waals surface area contributed by atoms with E-state index in [-0.39, 0.29) is 17.7 Å². The van der Waals surface area contributed by atoms with Crippen LogP contribution >= 0.6 is 39.0 Å². The van der Waals surface area contributed by atoms with E-state index in [0.29, 0.717) is 26.3 Å². The van der Waals surface area contributed by atoms with Gasteiger partial charge in [0.2, 0.25) is 0 Å². The smallest absolute Gasteiger partial charge is 0.338 e. The molecule has 0 aliphatic carbocycles. The van der Waals surface area contributed by atoms with Gasteiger partial charge in [-0.2, -0.15) is 0 Å². The van der Waals surface area contributed by atoms with Gasteiger partial charge in [0.1, 0.15) is 11.8 Å². The maximum absolute atomic E-state index is 14.4. The number of esters is 1. The normalized spacial score (nSPS) is 15.5. The Balaban J connectivity index is 1.45. The molecule has 2 aliphatic rings. The van der Waals surface area contributed by atoms with Gasteiger partial charge in [-0.05, 0) is 61.0 Å². The molecule has 230 valence electrons. The first-order valence-electron chi connectivity index (χ1n) is 14.6. The number of thiazole rings is 1. The number of benzene rings is 4. The van der Waals surface area contributed by atoms with E-state index in [9.17, 15) is 9.59 Å². The highest BCUT2D eigenvalue weighted by Gasteiger charge is 2.37. The number of aromatic nitrogens is 1. The van der Waals surface area contributed by atoms with Crippen molar-refractivity contribution in [3.8, 4) is 5.75 Å². The van der Waals surface area contributed by atoms with Gasteiger partial charge in [-0.3, -0.25) is 9.36 Å². The Kier molecular flexibility index (Phi) is 8.18. The minimum Gasteiger partial charge on any atom is -0.496 e. The van der Waals surface area contributed by atoms with Crippen LogP contribution in [0.25, 0.3) is 11.8 Å². The van der Waals surface area contributed by atoms with Crippen LogP contribution in [0.3, 0.4) is 0 Å². The molecule has 0 amide bonds. The van der Waals surface area contributed by atoms with Crippen LogP contribution < -0.4 is 24.5 Å². The summed E-state index contributed by atoms with van der Waals surface area (Å²) in [5.74, 6) is -0.00229. The number of para-hydroxylation sites is 1. The van der Waals surface area contributed by atoms with Crippen molar-refractivity contribution in [2.75, 3.05) is 25.7 Å². The highest BCUT2D eigenvalue weighted by Crippen LogP contribution is 2.47. The molecule has 1 atom stereocenters. The summed E-state index contributed by atoms with van der Waals surface area (Å²) < 4.78 is 14.3. The lowest BCUT2D eigenvalue weighted by atomic mass is 9.92. The fourth-order valence-corrected chi connectivity index (χ4v) is 8.43. The molecule has 46 heavy (non-hydrogen) atoms. The third-order valence-corrected chi connectivity index (χ3v) is 10.5. The standard InChI is InChI=1S/C36H28BrN3O4S2/c1-4-44-35(42)31-32(22-10-6-5-7-11-22)38-36-40(33(31)24-20-23(37)15-17-27(24)43-3)34(41)30(46-36)19-21-14-16-26-29(18-21)45-28-13-9-8-12-25(28)39(26)2/h5-20,33H,4H2,1-3H3/b30-19-/t33-/m0/s1. The van der Waals surface area contributed by atoms with E-state index in [1.54, 1.807) is 30.4 Å². The fourth-order valence-electron chi connectivity index (χ4n) is 5.85. The van der Waals surface area contributed by atoms with Crippen LogP contribution in [0.2, 0.25) is 0 Å². The van der Waals surface area contributed by atoms with E-state index >= 15 is 0 Å². The maximum atomic E-state index is 14.4. The van der Waals surface area contributed by atoms with Gasteiger partial charge in [0.05, 0.1) is 40.9 Å². The molecule has 5 aromatic rings. The number of nitrogens with zero attached hydrogens (tertiary/aromatic N) is 3. The highest BCUT2D eigenvalue weighted by molar-refractivity contribution is 9.10. The van der Waals surface area contributed by atoms with E-state index in [0.717, 1.165) is 31.9 Å². The number of hydrogen-bond donors (Lipinski definition) is 0. The molecule has 0 bridgehead atoms. The number of carbonyl (C=O) groups is 1. The van der Waals surface area contributed by atoms with Gasteiger partial charge in [-0.25, -0.2) is 9.79 Å². The van der Waals surface area contributed by atoms with Gasteiger partial charge >= 0.3 is 5.97 Å². The number of fused-ring (bicyclic) bond motifs is 3. The lowest BCUT2D eigenvalue weighted by Crippen LogP contribution is -2.40. The van der Waals surface area contributed by atoms with E-state index < -0.39 is 12.0 Å². The average molecular weight is 711 g/mol. The molecule has 0 unspecified atom stereocenters. The number of anilines is 2. The predicted molar refractivity (Wildman–Crippen MR) is 187 cm³/mol. The molecule has 10 heteroatoms. The van der Waals surface area contributed by atoms with Crippen LogP contribution in [0.5, 0.6) is 5.75 Å². The molecular weight excluding hydrogens is 682 g/mol. The van der Waals surface area contributed by atoms with Gasteiger partial charge < -0.3 is 14.4 Å². The first-order chi connectivity index (χ1) is 22.4. The quantitative estimate of drug-likeness (QED) is 0.178. The van der Waals surface area contributed by atoms with Crippen LogP contribution in [-0.4, -0.2) is 31.3 Å². The summed E-state index contributed by atoms with van der Waals surface area (Å²) in [5.41, 5.74) is 5.04. The molecule has 2 aliphatic heterocycles. The fraction of sp³-hybridized carbons (Fsp3) is 0.139. The Bertz CT molecular complexity index is 2230. The summed E-state index contributed by atoms with van der Waals surface area (Å²) in [6.45, 7) is 1.94. The first kappa shape index (κ1) is 30.3. The van der Waals surface area contributed by atoms with E-state index in [4.69, 9.17) is 14.5 Å². The van der Waals surface area contributed by atoms with Crippen LogP contribution in [0.15, 0.2) is 121 Å². The summed E-state index contributed by atoms with van der Waals surface area (Å²) in [6, 6.07) is 28.8. The molecule has 4 aromatic carbocycles. The van der Waals surface area contributed by atoms with Crippen LogP contribution in [0, 0.1) is 0 Å². The van der Waals surface area contributed by atoms with Crippen LogP contribution in [0.4, 0.5) is 11.4 Å². The molecule has 1 aromatic heterocycles. The number of carbonyl (C=O) groups excluding carboxylic acids is 1. The van der Waals surface area contributed by atoms with Crippen LogP contribution in [-0.2, 0) is 9.53 Å². The summed E-state index contributed by atoms with van der Waals surface area (Å²) in [6.07, 6.45) is 1.90. The second kappa shape index (κ2) is 12.4. The Hall–Kier alpha value is -4.38. The average Bonchev–Trinajstić information content (AvgIpc) is 3.38. The SMILES string of the molecule is CCOC(=O)C1=C(c2ccccc2)N=c2s/c(=C\c3ccc4c(c3)Sc3ccccc3N4C)c(=O)n2[C@H]1c1cc(Br)ccc1OC. The molecule has 7 nitrogen and oxygen atoms in total. The third-order valence-electron chi connectivity index (χ3n) is 7.95. The van der Waals surface area contributed by atoms with Gasteiger partial charge in [0, 0.05) is 32.4 Å². The second-order valence-corrected chi connectivity index (χ2v) is 13.7. The lowest BCUT2D eigenvalue weighted by molar-refractivity contribution is -0.138. The topological polar surface area (TPSA) is 73.1 Å². The number of ether oxygens (including phenoxy) is 2. The Morgan fingerprint density at radius 3 is 2.52 bits per heavy atom. The molecule has 0 radical (unpaired) electrons. The molecule has 0 spiro atoms. The van der Waals surface area contributed by atoms with E-state index in [2.05, 4.69) is 52.1 Å². The summed E-state index contributed by atoms with van der Waals surface area (Å²) in [7, 11) is 3.64. The van der Waals surface area contributed by atoms with Crippen molar-refractivity contribution < 1.29 is 14.3 Å². The van der Waals surface area contributed by atoms with Crippen molar-refractivity contribution in [1.82, 2.24) is 4.57 Å². The largest absolute Gasteiger partial charge is 0.496 e. The van der Waals surface area contributed by atoms with Gasteiger partial charge in [0.15, 0.2) is 4.80 Å². The predicted octanol–water partition coefficient (Wildman–Crippen LogP) is 6.94. The molecule has 3 heterocycles. The zero-order valence-electron chi connectivity index (χ0n) is 25.2. The summed E-state index contributed by atoms with van der Waals surface area (Å²) >= 11 is 6.60. The Labute approximate surface area is 282 Å². The van der Waals surface area contributed by atoms with Crippen molar-refractivity contribution in [3.63, 3.8) is 0 Å². The number of hydrogen-bond acceptors (Lipinski definition) is 8. The zero-order chi connectivity index (χ0) is 31.9. The van der Waals surface area contributed by atoms with Gasteiger partial charge in [-0.15, -0.1) is 0 Å². The summed E-state index contributed by atoms with van der Waals surface area (Å²) in [5, 5.41) is 0. The van der Waals surface area contributed by atoms with Gasteiger partial charge in [0.25, 0.3) is 5.56 Å². The first-order valence-corrected chi connectivity index (χ1v) is 17.1. The lowest BCUT2D eigenvalue weighted by Gasteiger charge is -2.29. The number of methoxy groups -OCH3 is 1. The van der Waals surface area contributed by atoms with Crippen LogP contribution in [0.1, 0.15) is 29.7 Å². The minimum atomic E-state index is -0.843. The molecule has 0 N–H and O–H groups in total. The molecule has 7 rings (SSSR count). The monoisotopic (exact) mass is 709 g/mol. The number of rotatable bonds is 6. The molecule has 0 saturated heterocycles. The molecule has 0 saturated carbocycles. The second-order valence-electron chi connectivity index (χ2n) is 10.7. The molecular formula is C36H28BrN3O4S2. The Morgan fingerprint density at radius 2 is 1.74 bits per heavy atom. The van der Waals surface area contributed by atoms with Crippen molar-refractivity contribution in [1.29, 1.82) is 0 Å². The number of halogens is 1. The van der Waals surface area contributed by atoms with Crippen molar-refractivity contribution >= 4 is 68.1 Å². The minimum absolute atomic E-state index is 0.174. The van der Waals surface area contributed by atoms with Crippen molar-refractivity contribution in [2.45, 2.75) is 22.8 Å². The van der Waals surface area contributed by atoms with Gasteiger partial charge in [-0.1, -0.05) is 87.6 Å². The van der Waals surface area contributed by atoms with E-state index in [1.165, 1.54) is 16.2 Å². The van der Waals surface area contributed by atoms with Crippen molar-refractivity contribution in [3.05, 3.63) is 137 Å². The summed E-state index contributed by atoms with van der Waals surface area (Å²) in [4.78, 5) is 38.1.